The smallest absolute Gasteiger partial charge is 0.206 e. The molecule has 0 amide bonds. The van der Waals surface area contributed by atoms with Crippen LogP contribution < -0.4 is 10.1 Å². The molecule has 7 heteroatoms. The van der Waals surface area contributed by atoms with Gasteiger partial charge in [-0.3, -0.25) is 0 Å². The van der Waals surface area contributed by atoms with Crippen molar-refractivity contribution >= 4 is 28.2 Å². The SMILES string of the molecule is COc1ccc(CNc2nnc(S[C@H](C)CCC#N)s2)cc1. The lowest BCUT2D eigenvalue weighted by Gasteiger charge is -2.05. The van der Waals surface area contributed by atoms with Crippen LogP contribution in [0.5, 0.6) is 5.75 Å². The van der Waals surface area contributed by atoms with E-state index in [9.17, 15) is 0 Å². The summed E-state index contributed by atoms with van der Waals surface area (Å²) in [5.41, 5.74) is 1.16. The van der Waals surface area contributed by atoms with Crippen molar-refractivity contribution in [1.29, 1.82) is 5.26 Å². The van der Waals surface area contributed by atoms with E-state index in [1.807, 2.05) is 24.3 Å². The summed E-state index contributed by atoms with van der Waals surface area (Å²) in [6.07, 6.45) is 1.45. The first-order valence-corrected chi connectivity index (χ1v) is 8.65. The zero-order valence-electron chi connectivity index (χ0n) is 12.6. The van der Waals surface area contributed by atoms with Crippen LogP contribution in [0, 0.1) is 11.3 Å². The van der Waals surface area contributed by atoms with Gasteiger partial charge in [0.15, 0.2) is 4.34 Å². The largest absolute Gasteiger partial charge is 0.497 e. The minimum atomic E-state index is 0.377. The van der Waals surface area contributed by atoms with Gasteiger partial charge < -0.3 is 10.1 Å². The van der Waals surface area contributed by atoms with Gasteiger partial charge in [0.05, 0.1) is 13.2 Å². The fraction of sp³-hybridized carbons (Fsp3) is 0.400. The predicted molar refractivity (Wildman–Crippen MR) is 90.4 cm³/mol. The van der Waals surface area contributed by atoms with Crippen LogP contribution in [0.2, 0.25) is 0 Å². The minimum Gasteiger partial charge on any atom is -0.497 e. The molecule has 0 aliphatic rings. The maximum absolute atomic E-state index is 8.59. The molecule has 2 aromatic rings. The summed E-state index contributed by atoms with van der Waals surface area (Å²) in [5.74, 6) is 0.852. The number of hydrogen-bond acceptors (Lipinski definition) is 7. The molecule has 0 radical (unpaired) electrons. The van der Waals surface area contributed by atoms with E-state index in [2.05, 4.69) is 28.5 Å². The molecule has 1 N–H and O–H groups in total. The highest BCUT2D eigenvalue weighted by molar-refractivity contribution is 8.01. The van der Waals surface area contributed by atoms with Gasteiger partial charge in [0.2, 0.25) is 5.13 Å². The number of thioether (sulfide) groups is 1. The van der Waals surface area contributed by atoms with Crippen molar-refractivity contribution < 1.29 is 4.74 Å². The van der Waals surface area contributed by atoms with E-state index in [1.165, 1.54) is 0 Å². The number of nitrogens with zero attached hydrogens (tertiary/aromatic N) is 3. The average Bonchev–Trinajstić information content (AvgIpc) is 2.99. The van der Waals surface area contributed by atoms with Crippen LogP contribution >= 0.6 is 23.1 Å². The zero-order chi connectivity index (χ0) is 15.8. The van der Waals surface area contributed by atoms with Gasteiger partial charge in [-0.15, -0.1) is 10.2 Å². The number of nitrogens with one attached hydrogen (secondary N) is 1. The molecule has 1 aromatic heterocycles. The fourth-order valence-corrected chi connectivity index (χ4v) is 3.81. The van der Waals surface area contributed by atoms with E-state index < -0.39 is 0 Å². The molecule has 0 saturated carbocycles. The lowest BCUT2D eigenvalue weighted by atomic mass is 10.2. The number of nitriles is 1. The molecule has 0 fully saturated rings. The van der Waals surface area contributed by atoms with Crippen molar-refractivity contribution in [3.8, 4) is 11.8 Å². The fourth-order valence-electron chi connectivity index (χ4n) is 1.75. The maximum Gasteiger partial charge on any atom is 0.206 e. The molecule has 2 rings (SSSR count). The predicted octanol–water partition coefficient (Wildman–Crippen LogP) is 3.94. The second-order valence-electron chi connectivity index (χ2n) is 4.70. The standard InChI is InChI=1S/C15H18N4OS2/c1-11(4-3-9-16)21-15-19-18-14(22-15)17-10-12-5-7-13(20-2)8-6-12/h5-8,11H,3-4,10H2,1-2H3,(H,17,18)/t11-/m1/s1. The first-order valence-electron chi connectivity index (χ1n) is 6.95. The van der Waals surface area contributed by atoms with Gasteiger partial charge in [-0.1, -0.05) is 42.2 Å². The Bertz CT molecular complexity index is 621. The second kappa shape index (κ2) is 8.61. The first kappa shape index (κ1) is 16.6. The summed E-state index contributed by atoms with van der Waals surface area (Å²) in [4.78, 5) is 0. The summed E-state index contributed by atoms with van der Waals surface area (Å²) in [6, 6.07) is 10.1. The molecule has 0 spiro atoms. The molecule has 1 heterocycles. The normalized spacial score (nSPS) is 11.7. The van der Waals surface area contributed by atoms with Crippen molar-refractivity contribution in [1.82, 2.24) is 10.2 Å². The molecular weight excluding hydrogens is 316 g/mol. The number of methoxy groups -OCH3 is 1. The van der Waals surface area contributed by atoms with Crippen molar-refractivity contribution in [3.05, 3.63) is 29.8 Å². The van der Waals surface area contributed by atoms with Gasteiger partial charge >= 0.3 is 0 Å². The third kappa shape index (κ3) is 5.20. The zero-order valence-corrected chi connectivity index (χ0v) is 14.2. The number of anilines is 1. The van der Waals surface area contributed by atoms with E-state index in [1.54, 1.807) is 30.2 Å². The Balaban J connectivity index is 1.82. The van der Waals surface area contributed by atoms with Crippen molar-refractivity contribution in [2.24, 2.45) is 0 Å². The Hall–Kier alpha value is -1.78. The van der Waals surface area contributed by atoms with Gasteiger partial charge in [-0.2, -0.15) is 5.26 Å². The van der Waals surface area contributed by atoms with Gasteiger partial charge in [-0.05, 0) is 24.1 Å². The molecule has 1 atom stereocenters. The summed E-state index contributed by atoms with van der Waals surface area (Å²) < 4.78 is 6.07. The number of benzene rings is 1. The van der Waals surface area contributed by atoms with Crippen molar-refractivity contribution in [2.45, 2.75) is 35.9 Å². The van der Waals surface area contributed by atoms with Crippen LogP contribution in [0.1, 0.15) is 25.3 Å². The molecule has 0 saturated heterocycles. The first-order chi connectivity index (χ1) is 10.7. The minimum absolute atomic E-state index is 0.377. The topological polar surface area (TPSA) is 70.8 Å². The Morgan fingerprint density at radius 1 is 1.36 bits per heavy atom. The van der Waals surface area contributed by atoms with E-state index in [-0.39, 0.29) is 0 Å². The van der Waals surface area contributed by atoms with E-state index >= 15 is 0 Å². The van der Waals surface area contributed by atoms with Crippen LogP contribution in [0.4, 0.5) is 5.13 Å². The second-order valence-corrected chi connectivity index (χ2v) is 7.36. The van der Waals surface area contributed by atoms with Crippen LogP contribution in [-0.2, 0) is 6.54 Å². The van der Waals surface area contributed by atoms with Gasteiger partial charge in [0, 0.05) is 18.2 Å². The molecule has 0 aliphatic carbocycles. The van der Waals surface area contributed by atoms with E-state index in [4.69, 9.17) is 10.00 Å². The van der Waals surface area contributed by atoms with Crippen LogP contribution in [0.3, 0.4) is 0 Å². The van der Waals surface area contributed by atoms with Crippen LogP contribution in [0.25, 0.3) is 0 Å². The Kier molecular flexibility index (Phi) is 6.49. The molecule has 0 unspecified atom stereocenters. The van der Waals surface area contributed by atoms with E-state index in [0.29, 0.717) is 18.2 Å². The number of rotatable bonds is 8. The molecular formula is C15H18N4OS2. The van der Waals surface area contributed by atoms with Gasteiger partial charge in [-0.25, -0.2) is 0 Å². The monoisotopic (exact) mass is 334 g/mol. The number of aromatic nitrogens is 2. The molecule has 0 aliphatic heterocycles. The van der Waals surface area contributed by atoms with Crippen LogP contribution in [0.15, 0.2) is 28.6 Å². The Morgan fingerprint density at radius 2 is 2.14 bits per heavy atom. The number of hydrogen-bond donors (Lipinski definition) is 1. The third-order valence-electron chi connectivity index (χ3n) is 2.97. The van der Waals surface area contributed by atoms with E-state index in [0.717, 1.165) is 27.2 Å². The Labute approximate surface area is 138 Å². The highest BCUT2D eigenvalue weighted by atomic mass is 32.2. The molecule has 0 bridgehead atoms. The van der Waals surface area contributed by atoms with Gasteiger partial charge in [0.25, 0.3) is 0 Å². The van der Waals surface area contributed by atoms with Gasteiger partial charge in [0.1, 0.15) is 5.75 Å². The quantitative estimate of drug-likeness (QED) is 0.737. The summed E-state index contributed by atoms with van der Waals surface area (Å²) in [7, 11) is 1.66. The lowest BCUT2D eigenvalue weighted by Crippen LogP contribution is -1.98. The summed E-state index contributed by atoms with van der Waals surface area (Å²) >= 11 is 3.21. The summed E-state index contributed by atoms with van der Waals surface area (Å²) in [6.45, 7) is 2.81. The average molecular weight is 334 g/mol. The van der Waals surface area contributed by atoms with Crippen LogP contribution in [-0.4, -0.2) is 22.6 Å². The molecule has 1 aromatic carbocycles. The molecule has 116 valence electrons. The van der Waals surface area contributed by atoms with Crippen molar-refractivity contribution in [3.63, 3.8) is 0 Å². The lowest BCUT2D eigenvalue weighted by molar-refractivity contribution is 0.414. The Morgan fingerprint density at radius 3 is 2.82 bits per heavy atom. The van der Waals surface area contributed by atoms with Crippen molar-refractivity contribution in [2.75, 3.05) is 12.4 Å². The highest BCUT2D eigenvalue weighted by Gasteiger charge is 2.09. The molecule has 22 heavy (non-hydrogen) atoms. The number of ether oxygens (including phenoxy) is 1. The third-order valence-corrected chi connectivity index (χ3v) is 5.11. The summed E-state index contributed by atoms with van der Waals surface area (Å²) in [5, 5.41) is 21.4. The molecule has 5 nitrogen and oxygen atoms in total. The maximum atomic E-state index is 8.59. The highest BCUT2D eigenvalue weighted by Crippen LogP contribution is 2.30.